The summed E-state index contributed by atoms with van der Waals surface area (Å²) in [4.78, 5) is 11.4. The van der Waals surface area contributed by atoms with Crippen LogP contribution in [0.3, 0.4) is 0 Å². The average molecular weight is 270 g/mol. The van der Waals surface area contributed by atoms with Crippen LogP contribution in [-0.2, 0) is 15.1 Å². The van der Waals surface area contributed by atoms with Crippen LogP contribution in [0, 0.1) is 0 Å². The van der Waals surface area contributed by atoms with Crippen LogP contribution in [0.25, 0.3) is 0 Å². The van der Waals surface area contributed by atoms with E-state index in [1.165, 1.54) is 19.1 Å². The Morgan fingerprint density at radius 2 is 1.89 bits per heavy atom. The van der Waals surface area contributed by atoms with Crippen molar-refractivity contribution >= 4 is 5.97 Å². The first-order valence-electron chi connectivity index (χ1n) is 6.19. The summed E-state index contributed by atoms with van der Waals surface area (Å²) >= 11 is 0. The molecule has 1 aromatic carbocycles. The number of halogens is 1. The fourth-order valence-corrected chi connectivity index (χ4v) is 1.65. The molecule has 106 valence electrons. The van der Waals surface area contributed by atoms with Crippen LogP contribution in [0.1, 0.15) is 26.3 Å². The van der Waals surface area contributed by atoms with Crippen molar-refractivity contribution in [1.82, 2.24) is 0 Å². The fourth-order valence-electron chi connectivity index (χ4n) is 1.65. The Hall–Kier alpha value is -1.62. The van der Waals surface area contributed by atoms with E-state index in [9.17, 15) is 14.3 Å². The Morgan fingerprint density at radius 3 is 2.37 bits per heavy atom. The SMILES string of the molecule is CCOC(=O)C(F)C(C)(O)c1ccc(OCC)cc1. The summed E-state index contributed by atoms with van der Waals surface area (Å²) in [5, 5.41) is 10.2. The topological polar surface area (TPSA) is 55.8 Å². The highest BCUT2D eigenvalue weighted by molar-refractivity contribution is 5.76. The zero-order valence-corrected chi connectivity index (χ0v) is 11.4. The molecule has 0 saturated heterocycles. The maximum absolute atomic E-state index is 13.9. The number of hydrogen-bond donors (Lipinski definition) is 1. The first-order valence-corrected chi connectivity index (χ1v) is 6.19. The Labute approximate surface area is 112 Å². The van der Waals surface area contributed by atoms with Gasteiger partial charge >= 0.3 is 5.97 Å². The molecule has 0 fully saturated rings. The minimum atomic E-state index is -2.13. The molecule has 0 radical (unpaired) electrons. The molecule has 0 heterocycles. The van der Waals surface area contributed by atoms with Gasteiger partial charge in [-0.15, -0.1) is 0 Å². The molecule has 0 saturated carbocycles. The van der Waals surface area contributed by atoms with E-state index >= 15 is 0 Å². The van der Waals surface area contributed by atoms with Gasteiger partial charge in [0.1, 0.15) is 11.4 Å². The molecule has 19 heavy (non-hydrogen) atoms. The van der Waals surface area contributed by atoms with Gasteiger partial charge in [-0.25, -0.2) is 9.18 Å². The summed E-state index contributed by atoms with van der Waals surface area (Å²) in [7, 11) is 0. The molecular formula is C14H19FO4. The number of esters is 1. The van der Waals surface area contributed by atoms with E-state index in [-0.39, 0.29) is 12.2 Å². The van der Waals surface area contributed by atoms with Gasteiger partial charge < -0.3 is 14.6 Å². The number of carbonyl (C=O) groups is 1. The van der Waals surface area contributed by atoms with Crippen LogP contribution in [0.4, 0.5) is 4.39 Å². The van der Waals surface area contributed by atoms with E-state index in [2.05, 4.69) is 4.74 Å². The maximum Gasteiger partial charge on any atom is 0.344 e. The molecular weight excluding hydrogens is 251 g/mol. The highest BCUT2D eigenvalue weighted by Gasteiger charge is 2.40. The summed E-state index contributed by atoms with van der Waals surface area (Å²) in [6.07, 6.45) is -2.13. The van der Waals surface area contributed by atoms with Crippen molar-refractivity contribution in [3.05, 3.63) is 29.8 Å². The van der Waals surface area contributed by atoms with E-state index in [0.717, 1.165) is 0 Å². The monoisotopic (exact) mass is 270 g/mol. The second-order valence-corrected chi connectivity index (χ2v) is 4.22. The predicted octanol–water partition coefficient (Wildman–Crippen LogP) is 2.19. The molecule has 0 spiro atoms. The normalized spacial score (nSPS) is 15.4. The third-order valence-electron chi connectivity index (χ3n) is 2.74. The van der Waals surface area contributed by atoms with Crippen LogP contribution in [0.5, 0.6) is 5.75 Å². The van der Waals surface area contributed by atoms with Crippen molar-refractivity contribution in [1.29, 1.82) is 0 Å². The molecule has 0 aliphatic heterocycles. The molecule has 0 aliphatic rings. The minimum Gasteiger partial charge on any atom is -0.494 e. The summed E-state index contributed by atoms with van der Waals surface area (Å²) < 4.78 is 23.8. The van der Waals surface area contributed by atoms with E-state index in [4.69, 9.17) is 4.74 Å². The molecule has 1 aromatic rings. The van der Waals surface area contributed by atoms with Crippen molar-refractivity contribution < 1.29 is 23.8 Å². The average Bonchev–Trinajstić information content (AvgIpc) is 2.39. The number of ether oxygens (including phenoxy) is 2. The Balaban J connectivity index is 2.89. The molecule has 4 nitrogen and oxygen atoms in total. The van der Waals surface area contributed by atoms with Gasteiger partial charge in [-0.05, 0) is 38.5 Å². The zero-order chi connectivity index (χ0) is 14.5. The van der Waals surface area contributed by atoms with E-state index in [0.29, 0.717) is 12.4 Å². The fraction of sp³-hybridized carbons (Fsp3) is 0.500. The van der Waals surface area contributed by atoms with Gasteiger partial charge in [-0.3, -0.25) is 0 Å². The first-order chi connectivity index (χ1) is 8.93. The lowest BCUT2D eigenvalue weighted by Gasteiger charge is -2.26. The van der Waals surface area contributed by atoms with E-state index < -0.39 is 17.7 Å². The third-order valence-corrected chi connectivity index (χ3v) is 2.74. The molecule has 0 aliphatic carbocycles. The van der Waals surface area contributed by atoms with Gasteiger partial charge in [0.15, 0.2) is 0 Å². The number of alkyl halides is 1. The van der Waals surface area contributed by atoms with Crippen molar-refractivity contribution in [2.45, 2.75) is 32.5 Å². The number of carbonyl (C=O) groups excluding carboxylic acids is 1. The lowest BCUT2D eigenvalue weighted by atomic mass is 9.91. The predicted molar refractivity (Wildman–Crippen MR) is 68.7 cm³/mol. The quantitative estimate of drug-likeness (QED) is 0.805. The second-order valence-electron chi connectivity index (χ2n) is 4.22. The lowest BCUT2D eigenvalue weighted by molar-refractivity contribution is -0.160. The van der Waals surface area contributed by atoms with Crippen LogP contribution in [0.2, 0.25) is 0 Å². The molecule has 0 aromatic heterocycles. The van der Waals surface area contributed by atoms with E-state index in [1.807, 2.05) is 6.92 Å². The van der Waals surface area contributed by atoms with Gasteiger partial charge in [0.25, 0.3) is 0 Å². The Morgan fingerprint density at radius 1 is 1.32 bits per heavy atom. The molecule has 1 rings (SSSR count). The Bertz CT molecular complexity index is 414. The van der Waals surface area contributed by atoms with Gasteiger partial charge in [-0.2, -0.15) is 0 Å². The van der Waals surface area contributed by atoms with Crippen molar-refractivity contribution in [3.8, 4) is 5.75 Å². The first kappa shape index (κ1) is 15.4. The molecule has 5 heteroatoms. The van der Waals surface area contributed by atoms with Crippen LogP contribution < -0.4 is 4.74 Å². The third kappa shape index (κ3) is 3.67. The molecule has 0 amide bonds. The largest absolute Gasteiger partial charge is 0.494 e. The van der Waals surface area contributed by atoms with Gasteiger partial charge in [0, 0.05) is 0 Å². The zero-order valence-electron chi connectivity index (χ0n) is 11.4. The highest BCUT2D eigenvalue weighted by Crippen LogP contribution is 2.29. The smallest absolute Gasteiger partial charge is 0.344 e. The van der Waals surface area contributed by atoms with Crippen LogP contribution in [-0.4, -0.2) is 30.5 Å². The van der Waals surface area contributed by atoms with E-state index in [1.54, 1.807) is 19.1 Å². The molecule has 2 atom stereocenters. The van der Waals surface area contributed by atoms with Gasteiger partial charge in [-0.1, -0.05) is 12.1 Å². The highest BCUT2D eigenvalue weighted by atomic mass is 19.1. The lowest BCUT2D eigenvalue weighted by Crippen LogP contribution is -2.40. The summed E-state index contributed by atoms with van der Waals surface area (Å²) in [6.45, 7) is 5.26. The summed E-state index contributed by atoms with van der Waals surface area (Å²) in [6, 6.07) is 6.28. The van der Waals surface area contributed by atoms with Crippen molar-refractivity contribution in [3.63, 3.8) is 0 Å². The molecule has 2 unspecified atom stereocenters. The maximum atomic E-state index is 13.9. The van der Waals surface area contributed by atoms with Crippen LogP contribution >= 0.6 is 0 Å². The number of hydrogen-bond acceptors (Lipinski definition) is 4. The molecule has 0 bridgehead atoms. The minimum absolute atomic E-state index is 0.0681. The van der Waals surface area contributed by atoms with Gasteiger partial charge in [0.05, 0.1) is 13.2 Å². The van der Waals surface area contributed by atoms with Crippen LogP contribution in [0.15, 0.2) is 24.3 Å². The van der Waals surface area contributed by atoms with Gasteiger partial charge in [0.2, 0.25) is 6.17 Å². The number of benzene rings is 1. The number of rotatable bonds is 6. The summed E-state index contributed by atoms with van der Waals surface area (Å²) in [5.74, 6) is -0.449. The summed E-state index contributed by atoms with van der Waals surface area (Å²) in [5.41, 5.74) is -1.65. The van der Waals surface area contributed by atoms with Crippen molar-refractivity contribution in [2.24, 2.45) is 0 Å². The number of aliphatic hydroxyl groups is 1. The van der Waals surface area contributed by atoms with Crippen molar-refractivity contribution in [2.75, 3.05) is 13.2 Å². The second kappa shape index (κ2) is 6.52. The Kier molecular flexibility index (Phi) is 5.30. The standard InChI is InChI=1S/C14H19FO4/c1-4-18-11-8-6-10(7-9-11)14(3,17)12(15)13(16)19-5-2/h6-9,12,17H,4-5H2,1-3H3. The molecule has 1 N–H and O–H groups in total.